The number of nitrogens with zero attached hydrogens (tertiary/aromatic N) is 2. The Morgan fingerprint density at radius 1 is 1.35 bits per heavy atom. The number of esters is 1. The van der Waals surface area contributed by atoms with Crippen LogP contribution in [0.5, 0.6) is 0 Å². The number of hydrogen-bond acceptors (Lipinski definition) is 6. The summed E-state index contributed by atoms with van der Waals surface area (Å²) in [5.41, 5.74) is -1.16. The molecule has 3 unspecified atom stereocenters. The standard InChI is InChI=1S/C25H37BrN2O6/c1-5-9-10-12-27(11-6-2)23(31)21-25-14-17(26)20(34-25)18(24(32)33-13-7-3)19(25)22(30)28(21)16(8-4)15-29/h6-7,16-21,29H,2-3,5,8-15H2,1,4H3/t16-,17?,18-,19-,20-,21?,25?/m0/s1. The van der Waals surface area contributed by atoms with Gasteiger partial charge in [0, 0.05) is 17.9 Å². The van der Waals surface area contributed by atoms with E-state index in [-0.39, 0.29) is 29.9 Å². The van der Waals surface area contributed by atoms with Crippen molar-refractivity contribution in [3.8, 4) is 0 Å². The quantitative estimate of drug-likeness (QED) is 0.167. The largest absolute Gasteiger partial charge is 0.461 e. The molecule has 9 heteroatoms. The van der Waals surface area contributed by atoms with Crippen molar-refractivity contribution in [2.45, 2.75) is 74.6 Å². The minimum atomic E-state index is -1.16. The Hall–Kier alpha value is -1.71. The van der Waals surface area contributed by atoms with Crippen LogP contribution >= 0.6 is 15.9 Å². The molecule has 3 rings (SSSR count). The fourth-order valence-electron chi connectivity index (χ4n) is 5.83. The van der Waals surface area contributed by atoms with Crippen LogP contribution in [-0.4, -0.2) is 87.6 Å². The van der Waals surface area contributed by atoms with Crippen LogP contribution in [0.25, 0.3) is 0 Å². The first-order chi connectivity index (χ1) is 16.3. The molecule has 8 nitrogen and oxygen atoms in total. The number of rotatable bonds is 13. The van der Waals surface area contributed by atoms with E-state index in [1.165, 1.54) is 11.0 Å². The second-order valence-corrected chi connectivity index (χ2v) is 10.5. The van der Waals surface area contributed by atoms with Crippen molar-refractivity contribution in [3.05, 3.63) is 25.3 Å². The van der Waals surface area contributed by atoms with E-state index in [1.54, 1.807) is 11.0 Å². The summed E-state index contributed by atoms with van der Waals surface area (Å²) in [6, 6.07) is -1.48. The van der Waals surface area contributed by atoms with Gasteiger partial charge in [-0.3, -0.25) is 14.4 Å². The third kappa shape index (κ3) is 4.46. The maximum absolute atomic E-state index is 14.1. The maximum Gasteiger partial charge on any atom is 0.312 e. The third-order valence-corrected chi connectivity index (χ3v) is 8.19. The van der Waals surface area contributed by atoms with Crippen molar-refractivity contribution in [2.24, 2.45) is 11.8 Å². The van der Waals surface area contributed by atoms with Gasteiger partial charge in [0.05, 0.1) is 30.6 Å². The van der Waals surface area contributed by atoms with Gasteiger partial charge in [-0.05, 0) is 19.3 Å². The van der Waals surface area contributed by atoms with Crippen molar-refractivity contribution >= 4 is 33.7 Å². The van der Waals surface area contributed by atoms with Gasteiger partial charge in [-0.1, -0.05) is 61.4 Å². The molecule has 0 radical (unpaired) electrons. The minimum absolute atomic E-state index is 0.0355. The fourth-order valence-corrected chi connectivity index (χ4v) is 6.78. The van der Waals surface area contributed by atoms with Gasteiger partial charge < -0.3 is 24.4 Å². The summed E-state index contributed by atoms with van der Waals surface area (Å²) in [6.45, 7) is 12.0. The number of aliphatic hydroxyl groups excluding tert-OH is 1. The van der Waals surface area contributed by atoms with E-state index in [0.717, 1.165) is 19.3 Å². The summed E-state index contributed by atoms with van der Waals surface area (Å²) < 4.78 is 11.8. The topological polar surface area (TPSA) is 96.4 Å². The monoisotopic (exact) mass is 540 g/mol. The lowest BCUT2D eigenvalue weighted by Crippen LogP contribution is -2.59. The summed E-state index contributed by atoms with van der Waals surface area (Å²) in [7, 11) is 0. The van der Waals surface area contributed by atoms with Crippen molar-refractivity contribution in [3.63, 3.8) is 0 Å². The molecule has 0 saturated carbocycles. The maximum atomic E-state index is 14.1. The molecular weight excluding hydrogens is 504 g/mol. The molecule has 0 aromatic carbocycles. The number of aliphatic hydroxyl groups is 1. The third-order valence-electron chi connectivity index (χ3n) is 7.34. The lowest BCUT2D eigenvalue weighted by molar-refractivity contribution is -0.155. The number of carbonyl (C=O) groups excluding carboxylic acids is 3. The Kier molecular flexibility index (Phi) is 8.98. The molecule has 7 atom stereocenters. The van der Waals surface area contributed by atoms with Gasteiger partial charge in [-0.25, -0.2) is 0 Å². The molecule has 3 aliphatic rings. The molecule has 3 heterocycles. The zero-order valence-electron chi connectivity index (χ0n) is 20.2. The van der Waals surface area contributed by atoms with Gasteiger partial charge in [0.1, 0.15) is 18.2 Å². The first-order valence-electron chi connectivity index (χ1n) is 12.2. The van der Waals surface area contributed by atoms with E-state index in [2.05, 4.69) is 36.0 Å². The van der Waals surface area contributed by atoms with E-state index < -0.39 is 41.6 Å². The molecule has 1 N–H and O–H groups in total. The molecule has 0 aromatic heterocycles. The fraction of sp³-hybridized carbons (Fsp3) is 0.720. The Labute approximate surface area is 210 Å². The van der Waals surface area contributed by atoms with Gasteiger partial charge in [-0.2, -0.15) is 0 Å². The number of unbranched alkanes of at least 4 members (excludes halogenated alkanes) is 2. The van der Waals surface area contributed by atoms with E-state index in [9.17, 15) is 19.5 Å². The van der Waals surface area contributed by atoms with Crippen LogP contribution in [0.1, 0.15) is 46.0 Å². The predicted molar refractivity (Wildman–Crippen MR) is 131 cm³/mol. The average molecular weight is 541 g/mol. The molecular formula is C25H37BrN2O6. The second-order valence-electron chi connectivity index (χ2n) is 9.35. The number of hydrogen-bond donors (Lipinski definition) is 1. The highest BCUT2D eigenvalue weighted by molar-refractivity contribution is 9.09. The summed E-state index contributed by atoms with van der Waals surface area (Å²) in [4.78, 5) is 44.0. The van der Waals surface area contributed by atoms with Gasteiger partial charge in [0.15, 0.2) is 0 Å². The van der Waals surface area contributed by atoms with Crippen LogP contribution in [-0.2, 0) is 23.9 Å². The van der Waals surface area contributed by atoms with Crippen molar-refractivity contribution in [1.82, 2.24) is 9.80 Å². The SMILES string of the molecule is C=CCOC(=O)[C@H]1[C@H]2C(=O)N([C@@H](CC)CO)C(C(=O)N(CC=C)CCCCC)C23CC(Br)[C@@H]1O3. The van der Waals surface area contributed by atoms with Gasteiger partial charge in [0.25, 0.3) is 0 Å². The number of alkyl halides is 1. The Bertz CT molecular complexity index is 802. The molecule has 34 heavy (non-hydrogen) atoms. The summed E-state index contributed by atoms with van der Waals surface area (Å²) in [5.74, 6) is -2.73. The molecule has 0 aliphatic carbocycles. The summed E-state index contributed by atoms with van der Waals surface area (Å²) >= 11 is 3.64. The van der Waals surface area contributed by atoms with Crippen LogP contribution in [0.15, 0.2) is 25.3 Å². The van der Waals surface area contributed by atoms with Crippen LogP contribution < -0.4 is 0 Å². The number of halogens is 1. The normalized spacial score (nSPS) is 32.4. The molecule has 2 amide bonds. The Morgan fingerprint density at radius 3 is 2.68 bits per heavy atom. The molecule has 3 aliphatic heterocycles. The van der Waals surface area contributed by atoms with Crippen molar-refractivity contribution in [1.29, 1.82) is 0 Å². The lowest BCUT2D eigenvalue weighted by atomic mass is 9.70. The van der Waals surface area contributed by atoms with E-state index in [1.807, 2.05) is 6.92 Å². The number of carbonyl (C=O) groups is 3. The number of likely N-dealkylation sites (tertiary alicyclic amines) is 1. The number of ether oxygens (including phenoxy) is 2. The number of amides is 2. The van der Waals surface area contributed by atoms with Gasteiger partial charge >= 0.3 is 5.97 Å². The van der Waals surface area contributed by atoms with Crippen LogP contribution in [0.2, 0.25) is 0 Å². The van der Waals surface area contributed by atoms with Crippen molar-refractivity contribution in [2.75, 3.05) is 26.3 Å². The zero-order chi connectivity index (χ0) is 25.0. The molecule has 1 spiro atoms. The highest BCUT2D eigenvalue weighted by Gasteiger charge is 2.77. The highest BCUT2D eigenvalue weighted by atomic mass is 79.9. The smallest absolute Gasteiger partial charge is 0.312 e. The molecule has 3 saturated heterocycles. The van der Waals surface area contributed by atoms with Crippen LogP contribution in [0.3, 0.4) is 0 Å². The van der Waals surface area contributed by atoms with Gasteiger partial charge in [0.2, 0.25) is 11.8 Å². The van der Waals surface area contributed by atoms with E-state index in [4.69, 9.17) is 9.47 Å². The first-order valence-corrected chi connectivity index (χ1v) is 13.2. The second kappa shape index (κ2) is 11.4. The number of fused-ring (bicyclic) bond motifs is 1. The molecule has 190 valence electrons. The molecule has 0 aromatic rings. The zero-order valence-corrected chi connectivity index (χ0v) is 21.7. The van der Waals surface area contributed by atoms with E-state index >= 15 is 0 Å². The minimum Gasteiger partial charge on any atom is -0.461 e. The van der Waals surface area contributed by atoms with E-state index in [0.29, 0.717) is 25.9 Å². The van der Waals surface area contributed by atoms with Crippen molar-refractivity contribution < 1.29 is 29.0 Å². The summed E-state index contributed by atoms with van der Waals surface area (Å²) in [5, 5.41) is 10.1. The Morgan fingerprint density at radius 2 is 2.09 bits per heavy atom. The summed E-state index contributed by atoms with van der Waals surface area (Å²) in [6.07, 6.45) is 6.32. The highest BCUT2D eigenvalue weighted by Crippen LogP contribution is 2.60. The molecule has 2 bridgehead atoms. The molecule has 3 fully saturated rings. The van der Waals surface area contributed by atoms with Crippen LogP contribution in [0.4, 0.5) is 0 Å². The average Bonchev–Trinajstić information content (AvgIpc) is 3.41. The van der Waals surface area contributed by atoms with Gasteiger partial charge in [-0.15, -0.1) is 6.58 Å². The first kappa shape index (κ1) is 26.9. The Balaban J connectivity index is 2.04. The lowest BCUT2D eigenvalue weighted by Gasteiger charge is -2.39. The predicted octanol–water partition coefficient (Wildman–Crippen LogP) is 2.44. The van der Waals surface area contributed by atoms with Crippen LogP contribution in [0, 0.1) is 11.8 Å².